The minimum absolute atomic E-state index is 0.146. The molecule has 3 aromatic rings. The minimum atomic E-state index is -0.146. The van der Waals surface area contributed by atoms with E-state index in [0.29, 0.717) is 45.4 Å². The van der Waals surface area contributed by atoms with E-state index in [1.54, 1.807) is 37.4 Å². The molecule has 7 nitrogen and oxygen atoms in total. The van der Waals surface area contributed by atoms with E-state index in [1.807, 2.05) is 23.7 Å². The quantitative estimate of drug-likeness (QED) is 0.329. The van der Waals surface area contributed by atoms with Crippen LogP contribution in [-0.4, -0.2) is 40.1 Å². The normalized spacial score (nSPS) is 10.7. The Balaban J connectivity index is 1.45. The van der Waals surface area contributed by atoms with E-state index in [1.165, 1.54) is 11.8 Å². The lowest BCUT2D eigenvalue weighted by Gasteiger charge is -2.09. The lowest BCUT2D eigenvalue weighted by molar-refractivity contribution is -0.113. The Bertz CT molecular complexity index is 1050. The van der Waals surface area contributed by atoms with E-state index in [-0.39, 0.29) is 11.7 Å². The van der Waals surface area contributed by atoms with Crippen LogP contribution in [-0.2, 0) is 18.3 Å². The van der Waals surface area contributed by atoms with Gasteiger partial charge in [0.25, 0.3) is 0 Å². The molecule has 164 valence electrons. The van der Waals surface area contributed by atoms with E-state index in [4.69, 9.17) is 32.7 Å². The average molecular weight is 481 g/mol. The Labute approximate surface area is 195 Å². The molecule has 10 heteroatoms. The van der Waals surface area contributed by atoms with Crippen molar-refractivity contribution in [2.24, 2.45) is 7.05 Å². The molecule has 0 aliphatic rings. The number of nitrogens with one attached hydrogen (secondary N) is 1. The highest BCUT2D eigenvalue weighted by Gasteiger charge is 2.13. The lowest BCUT2D eigenvalue weighted by atomic mass is 10.3. The van der Waals surface area contributed by atoms with Gasteiger partial charge in [-0.2, -0.15) is 0 Å². The van der Waals surface area contributed by atoms with Crippen molar-refractivity contribution in [3.63, 3.8) is 0 Å². The van der Waals surface area contributed by atoms with Gasteiger partial charge in [-0.25, -0.2) is 0 Å². The first kappa shape index (κ1) is 23.2. The predicted octanol–water partition coefficient (Wildman–Crippen LogP) is 4.87. The molecule has 0 saturated carbocycles. The second kappa shape index (κ2) is 11.3. The van der Waals surface area contributed by atoms with Gasteiger partial charge in [0.05, 0.1) is 30.2 Å². The number of nitrogens with zero attached hydrogens (tertiary/aromatic N) is 3. The van der Waals surface area contributed by atoms with Crippen molar-refractivity contribution in [1.82, 2.24) is 14.8 Å². The largest absolute Gasteiger partial charge is 0.495 e. The molecule has 0 spiro atoms. The number of para-hydroxylation sites is 2. The van der Waals surface area contributed by atoms with Gasteiger partial charge in [0, 0.05) is 18.5 Å². The summed E-state index contributed by atoms with van der Waals surface area (Å²) in [5, 5.41) is 13.0. The summed E-state index contributed by atoms with van der Waals surface area (Å²) < 4.78 is 12.8. The number of methoxy groups -OCH3 is 1. The van der Waals surface area contributed by atoms with Crippen molar-refractivity contribution in [3.05, 3.63) is 58.3 Å². The number of carbonyl (C=O) groups is 1. The summed E-state index contributed by atoms with van der Waals surface area (Å²) in [6.07, 6.45) is 1.42. The van der Waals surface area contributed by atoms with Gasteiger partial charge in [-0.1, -0.05) is 47.1 Å². The van der Waals surface area contributed by atoms with Crippen LogP contribution >= 0.6 is 35.0 Å². The van der Waals surface area contributed by atoms with Gasteiger partial charge >= 0.3 is 0 Å². The first-order valence-electron chi connectivity index (χ1n) is 9.49. The van der Waals surface area contributed by atoms with Crippen LogP contribution in [0.25, 0.3) is 0 Å². The summed E-state index contributed by atoms with van der Waals surface area (Å²) in [6, 6.07) is 12.4. The van der Waals surface area contributed by atoms with Crippen molar-refractivity contribution < 1.29 is 14.3 Å². The molecule has 0 atom stereocenters. The van der Waals surface area contributed by atoms with Crippen molar-refractivity contribution in [2.75, 3.05) is 24.8 Å². The fourth-order valence-corrected chi connectivity index (χ4v) is 3.95. The van der Waals surface area contributed by atoms with Crippen molar-refractivity contribution in [1.29, 1.82) is 0 Å². The maximum absolute atomic E-state index is 12.3. The standard InChI is InChI=1S/C21H22Cl2N4O3S/c1-27-19(8-5-11-30-17-10-9-14(22)12-15(17)23)25-26-21(27)31-13-20(28)24-16-6-3-4-7-18(16)29-2/h3-4,6-7,9-10,12H,5,8,11,13H2,1-2H3,(H,24,28). The highest BCUT2D eigenvalue weighted by molar-refractivity contribution is 7.99. The Morgan fingerprint density at radius 1 is 1.16 bits per heavy atom. The molecule has 0 aliphatic heterocycles. The number of thioether (sulfide) groups is 1. The number of amides is 1. The second-order valence-electron chi connectivity index (χ2n) is 6.52. The average Bonchev–Trinajstić information content (AvgIpc) is 3.11. The van der Waals surface area contributed by atoms with E-state index in [9.17, 15) is 4.79 Å². The number of aryl methyl sites for hydroxylation is 1. The molecule has 0 saturated heterocycles. The highest BCUT2D eigenvalue weighted by atomic mass is 35.5. The number of rotatable bonds is 10. The first-order valence-corrected chi connectivity index (χ1v) is 11.2. The topological polar surface area (TPSA) is 78.3 Å². The minimum Gasteiger partial charge on any atom is -0.495 e. The van der Waals surface area contributed by atoms with E-state index < -0.39 is 0 Å². The van der Waals surface area contributed by atoms with Crippen molar-refractivity contribution in [2.45, 2.75) is 18.0 Å². The fourth-order valence-electron chi connectivity index (χ4n) is 2.76. The van der Waals surface area contributed by atoms with Gasteiger partial charge in [-0.15, -0.1) is 10.2 Å². The molecular weight excluding hydrogens is 459 g/mol. The fraction of sp³-hybridized carbons (Fsp3) is 0.286. The molecule has 0 fully saturated rings. The molecular formula is C21H22Cl2N4O3S. The van der Waals surface area contributed by atoms with Crippen LogP contribution in [0.2, 0.25) is 10.0 Å². The number of hydrogen-bond acceptors (Lipinski definition) is 6. The van der Waals surface area contributed by atoms with Crippen LogP contribution in [0.4, 0.5) is 5.69 Å². The Morgan fingerprint density at radius 3 is 2.74 bits per heavy atom. The zero-order chi connectivity index (χ0) is 22.2. The van der Waals surface area contributed by atoms with Gasteiger partial charge in [0.1, 0.15) is 17.3 Å². The first-order chi connectivity index (χ1) is 15.0. The zero-order valence-electron chi connectivity index (χ0n) is 17.1. The smallest absolute Gasteiger partial charge is 0.234 e. The highest BCUT2D eigenvalue weighted by Crippen LogP contribution is 2.28. The number of aromatic nitrogens is 3. The summed E-state index contributed by atoms with van der Waals surface area (Å²) >= 11 is 13.3. The summed E-state index contributed by atoms with van der Waals surface area (Å²) in [7, 11) is 3.45. The second-order valence-corrected chi connectivity index (χ2v) is 8.31. The lowest BCUT2D eigenvalue weighted by Crippen LogP contribution is -2.15. The van der Waals surface area contributed by atoms with Crippen LogP contribution < -0.4 is 14.8 Å². The summed E-state index contributed by atoms with van der Waals surface area (Å²) in [5.74, 6) is 2.10. The molecule has 1 N–H and O–H groups in total. The Hall–Kier alpha value is -2.42. The number of hydrogen-bond donors (Lipinski definition) is 1. The summed E-state index contributed by atoms with van der Waals surface area (Å²) in [6.45, 7) is 0.484. The molecule has 0 aliphatic carbocycles. The molecule has 0 unspecified atom stereocenters. The Kier molecular flexibility index (Phi) is 8.45. The Morgan fingerprint density at radius 2 is 1.97 bits per heavy atom. The summed E-state index contributed by atoms with van der Waals surface area (Å²) in [5.41, 5.74) is 0.634. The van der Waals surface area contributed by atoms with Gasteiger partial charge in [0.2, 0.25) is 5.91 Å². The third kappa shape index (κ3) is 6.53. The monoisotopic (exact) mass is 480 g/mol. The molecule has 1 heterocycles. The molecule has 2 aromatic carbocycles. The van der Waals surface area contributed by atoms with Crippen molar-refractivity contribution in [3.8, 4) is 11.5 Å². The SMILES string of the molecule is COc1ccccc1NC(=O)CSc1nnc(CCCOc2ccc(Cl)cc2Cl)n1C. The van der Waals surface area contributed by atoms with Crippen LogP contribution in [0.5, 0.6) is 11.5 Å². The van der Waals surface area contributed by atoms with E-state index in [0.717, 1.165) is 12.2 Å². The van der Waals surface area contributed by atoms with Gasteiger partial charge in [0.15, 0.2) is 5.16 Å². The van der Waals surface area contributed by atoms with Crippen LogP contribution in [0, 0.1) is 0 Å². The van der Waals surface area contributed by atoms with Gasteiger partial charge in [-0.05, 0) is 36.8 Å². The van der Waals surface area contributed by atoms with Crippen molar-refractivity contribution >= 4 is 46.6 Å². The van der Waals surface area contributed by atoms with E-state index in [2.05, 4.69) is 15.5 Å². The molecule has 1 aromatic heterocycles. The van der Waals surface area contributed by atoms with Crippen LogP contribution in [0.3, 0.4) is 0 Å². The molecule has 1 amide bonds. The predicted molar refractivity (Wildman–Crippen MR) is 124 cm³/mol. The molecule has 0 bridgehead atoms. The number of benzene rings is 2. The van der Waals surface area contributed by atoms with Crippen LogP contribution in [0.15, 0.2) is 47.6 Å². The molecule has 3 rings (SSSR count). The number of halogens is 2. The van der Waals surface area contributed by atoms with Gasteiger partial charge in [-0.3, -0.25) is 4.79 Å². The third-order valence-electron chi connectivity index (χ3n) is 4.33. The van der Waals surface area contributed by atoms with Gasteiger partial charge < -0.3 is 19.4 Å². The number of ether oxygens (including phenoxy) is 2. The van der Waals surface area contributed by atoms with E-state index >= 15 is 0 Å². The zero-order valence-corrected chi connectivity index (χ0v) is 19.4. The van der Waals surface area contributed by atoms with Crippen LogP contribution in [0.1, 0.15) is 12.2 Å². The molecule has 0 radical (unpaired) electrons. The summed E-state index contributed by atoms with van der Waals surface area (Å²) in [4.78, 5) is 12.3. The number of carbonyl (C=O) groups excluding carboxylic acids is 1. The molecule has 31 heavy (non-hydrogen) atoms. The third-order valence-corrected chi connectivity index (χ3v) is 5.89. The maximum Gasteiger partial charge on any atom is 0.234 e. The maximum atomic E-state index is 12.3. The number of anilines is 1.